The molecule has 2 atom stereocenters. The number of hydrogen-bond donors (Lipinski definition) is 1. The number of halogens is 1. The Morgan fingerprint density at radius 2 is 2.05 bits per heavy atom. The Labute approximate surface area is 139 Å². The molecule has 1 heterocycles. The molecule has 7 heteroatoms. The number of nitrogens with zero attached hydrogens (tertiary/aromatic N) is 1. The highest BCUT2D eigenvalue weighted by atomic mass is 35.5. The van der Waals surface area contributed by atoms with E-state index in [1.165, 1.54) is 0 Å². The summed E-state index contributed by atoms with van der Waals surface area (Å²) < 4.78 is 32.5. The van der Waals surface area contributed by atoms with E-state index < -0.39 is 10.0 Å². The first kappa shape index (κ1) is 19.2. The molecule has 0 aliphatic carbocycles. The van der Waals surface area contributed by atoms with Crippen LogP contribution in [0.1, 0.15) is 31.7 Å². The fraction of sp³-hybridized carbons (Fsp3) is 0.600. The van der Waals surface area contributed by atoms with Gasteiger partial charge in [0.25, 0.3) is 0 Å². The van der Waals surface area contributed by atoms with E-state index in [4.69, 9.17) is 10.5 Å². The first-order chi connectivity index (χ1) is 9.87. The molecule has 1 saturated heterocycles. The maximum atomic E-state index is 12.9. The highest BCUT2D eigenvalue weighted by Crippen LogP contribution is 2.29. The van der Waals surface area contributed by atoms with E-state index in [-0.39, 0.29) is 24.5 Å². The summed E-state index contributed by atoms with van der Waals surface area (Å²) >= 11 is 0. The normalized spacial score (nSPS) is 21.0. The third kappa shape index (κ3) is 3.74. The SMILES string of the molecule is COc1ccc(S(=O)(=O)N2CCCCC2C(C)N)cc1C.Cl. The molecule has 1 aliphatic rings. The average molecular weight is 349 g/mol. The predicted molar refractivity (Wildman–Crippen MR) is 90.2 cm³/mol. The van der Waals surface area contributed by atoms with Gasteiger partial charge in [-0.15, -0.1) is 12.4 Å². The zero-order chi connectivity index (χ0) is 15.6. The number of nitrogens with two attached hydrogens (primary N) is 1. The van der Waals surface area contributed by atoms with E-state index in [0.717, 1.165) is 24.8 Å². The molecule has 1 aromatic carbocycles. The second-order valence-corrected chi connectivity index (χ2v) is 7.56. The highest BCUT2D eigenvalue weighted by molar-refractivity contribution is 7.89. The molecule has 0 amide bonds. The minimum atomic E-state index is -3.51. The molecule has 1 aromatic rings. The number of sulfonamides is 1. The Bertz CT molecular complexity index is 605. The summed E-state index contributed by atoms with van der Waals surface area (Å²) in [6.45, 7) is 4.26. The van der Waals surface area contributed by atoms with Gasteiger partial charge in [0, 0.05) is 18.6 Å². The van der Waals surface area contributed by atoms with E-state index >= 15 is 0 Å². The summed E-state index contributed by atoms with van der Waals surface area (Å²) in [5.41, 5.74) is 6.79. The summed E-state index contributed by atoms with van der Waals surface area (Å²) in [5, 5.41) is 0. The molecular weight excluding hydrogens is 324 g/mol. The van der Waals surface area contributed by atoms with Crippen molar-refractivity contribution in [1.29, 1.82) is 0 Å². The fourth-order valence-corrected chi connectivity index (χ4v) is 4.76. The number of methoxy groups -OCH3 is 1. The molecule has 1 fully saturated rings. The predicted octanol–water partition coefficient (Wildman–Crippen LogP) is 2.32. The number of hydrogen-bond acceptors (Lipinski definition) is 4. The molecule has 2 N–H and O–H groups in total. The maximum absolute atomic E-state index is 12.9. The van der Waals surface area contributed by atoms with Crippen LogP contribution in [0.25, 0.3) is 0 Å². The molecule has 22 heavy (non-hydrogen) atoms. The number of ether oxygens (including phenoxy) is 1. The van der Waals surface area contributed by atoms with Crippen molar-refractivity contribution in [2.75, 3.05) is 13.7 Å². The van der Waals surface area contributed by atoms with E-state index in [9.17, 15) is 8.42 Å². The first-order valence-electron chi connectivity index (χ1n) is 7.30. The second-order valence-electron chi connectivity index (χ2n) is 5.67. The van der Waals surface area contributed by atoms with Gasteiger partial charge >= 0.3 is 0 Å². The van der Waals surface area contributed by atoms with Gasteiger partial charge < -0.3 is 10.5 Å². The molecule has 1 aliphatic heterocycles. The van der Waals surface area contributed by atoms with Gasteiger partial charge in [0.15, 0.2) is 0 Å². The van der Waals surface area contributed by atoms with Crippen molar-refractivity contribution in [2.24, 2.45) is 5.73 Å². The third-order valence-corrected chi connectivity index (χ3v) is 6.00. The van der Waals surface area contributed by atoms with Gasteiger partial charge in [0.1, 0.15) is 5.75 Å². The summed E-state index contributed by atoms with van der Waals surface area (Å²) in [7, 11) is -1.93. The Balaban J connectivity index is 0.00000242. The van der Waals surface area contributed by atoms with Gasteiger partial charge in [-0.1, -0.05) is 6.42 Å². The molecule has 2 rings (SSSR count). The smallest absolute Gasteiger partial charge is 0.243 e. The van der Waals surface area contributed by atoms with Crippen molar-refractivity contribution < 1.29 is 13.2 Å². The Hall–Kier alpha value is -0.820. The van der Waals surface area contributed by atoms with E-state index in [1.807, 2.05) is 13.8 Å². The quantitative estimate of drug-likeness (QED) is 0.906. The van der Waals surface area contributed by atoms with Crippen molar-refractivity contribution in [3.05, 3.63) is 23.8 Å². The molecule has 0 saturated carbocycles. The summed E-state index contributed by atoms with van der Waals surface area (Å²) in [6.07, 6.45) is 2.74. The molecule has 5 nitrogen and oxygen atoms in total. The summed E-state index contributed by atoms with van der Waals surface area (Å²) in [6, 6.07) is 4.69. The minimum absolute atomic E-state index is 0. The van der Waals surface area contributed by atoms with Crippen LogP contribution >= 0.6 is 12.4 Å². The van der Waals surface area contributed by atoms with Crippen LogP contribution in [-0.4, -0.2) is 38.5 Å². The van der Waals surface area contributed by atoms with Crippen LogP contribution in [0.5, 0.6) is 5.75 Å². The molecule has 0 radical (unpaired) electrons. The maximum Gasteiger partial charge on any atom is 0.243 e. The standard InChI is InChI=1S/C15H24N2O3S.ClH/c1-11-10-13(7-8-15(11)20-3)21(18,19)17-9-5-4-6-14(17)12(2)16;/h7-8,10,12,14H,4-6,9,16H2,1-3H3;1H. The summed E-state index contributed by atoms with van der Waals surface area (Å²) in [4.78, 5) is 0.313. The van der Waals surface area contributed by atoms with Crippen LogP contribution in [0, 0.1) is 6.92 Å². The molecule has 0 spiro atoms. The molecule has 126 valence electrons. The molecule has 0 bridgehead atoms. The van der Waals surface area contributed by atoms with Crippen LogP contribution in [0.2, 0.25) is 0 Å². The van der Waals surface area contributed by atoms with E-state index in [1.54, 1.807) is 29.6 Å². The van der Waals surface area contributed by atoms with Crippen LogP contribution in [0.4, 0.5) is 0 Å². The average Bonchev–Trinajstić information content (AvgIpc) is 2.47. The highest BCUT2D eigenvalue weighted by Gasteiger charge is 2.35. The third-order valence-electron chi connectivity index (χ3n) is 4.08. The van der Waals surface area contributed by atoms with Crippen molar-refractivity contribution in [2.45, 2.75) is 50.1 Å². The van der Waals surface area contributed by atoms with Crippen molar-refractivity contribution in [3.8, 4) is 5.75 Å². The van der Waals surface area contributed by atoms with Gasteiger partial charge in [0.05, 0.1) is 12.0 Å². The molecule has 0 aromatic heterocycles. The summed E-state index contributed by atoms with van der Waals surface area (Å²) in [5.74, 6) is 0.691. The lowest BCUT2D eigenvalue weighted by atomic mass is 10.00. The van der Waals surface area contributed by atoms with Gasteiger partial charge in [-0.25, -0.2) is 8.42 Å². The molecule has 2 unspecified atom stereocenters. The topological polar surface area (TPSA) is 72.6 Å². The van der Waals surface area contributed by atoms with Gasteiger partial charge in [-0.05, 0) is 50.5 Å². The lowest BCUT2D eigenvalue weighted by Crippen LogP contribution is -2.51. The molecular formula is C15H25ClN2O3S. The van der Waals surface area contributed by atoms with Gasteiger partial charge in [-0.3, -0.25) is 0 Å². The largest absolute Gasteiger partial charge is 0.496 e. The fourth-order valence-electron chi connectivity index (χ4n) is 2.90. The lowest BCUT2D eigenvalue weighted by Gasteiger charge is -2.37. The van der Waals surface area contributed by atoms with Gasteiger partial charge in [0.2, 0.25) is 10.0 Å². The monoisotopic (exact) mass is 348 g/mol. The number of piperidine rings is 1. The Morgan fingerprint density at radius 1 is 1.36 bits per heavy atom. The van der Waals surface area contributed by atoms with Crippen molar-refractivity contribution in [3.63, 3.8) is 0 Å². The van der Waals surface area contributed by atoms with Crippen LogP contribution in [-0.2, 0) is 10.0 Å². The van der Waals surface area contributed by atoms with Crippen LogP contribution in [0.3, 0.4) is 0 Å². The zero-order valence-corrected chi connectivity index (χ0v) is 14.9. The van der Waals surface area contributed by atoms with Gasteiger partial charge in [-0.2, -0.15) is 4.31 Å². The van der Waals surface area contributed by atoms with Crippen LogP contribution in [0.15, 0.2) is 23.1 Å². The first-order valence-corrected chi connectivity index (χ1v) is 8.74. The van der Waals surface area contributed by atoms with E-state index in [0.29, 0.717) is 17.2 Å². The Morgan fingerprint density at radius 3 is 2.59 bits per heavy atom. The minimum Gasteiger partial charge on any atom is -0.496 e. The lowest BCUT2D eigenvalue weighted by molar-refractivity contribution is 0.227. The van der Waals surface area contributed by atoms with E-state index in [2.05, 4.69) is 0 Å². The van der Waals surface area contributed by atoms with Crippen molar-refractivity contribution >= 4 is 22.4 Å². The van der Waals surface area contributed by atoms with Crippen molar-refractivity contribution in [1.82, 2.24) is 4.31 Å². The Kier molecular flexibility index (Phi) is 6.67. The second kappa shape index (κ2) is 7.64. The number of rotatable bonds is 4. The number of aryl methyl sites for hydroxylation is 1. The van der Waals surface area contributed by atoms with Crippen LogP contribution < -0.4 is 10.5 Å². The zero-order valence-electron chi connectivity index (χ0n) is 13.3. The number of benzene rings is 1.